The van der Waals surface area contributed by atoms with Gasteiger partial charge in [0.25, 0.3) is 0 Å². The highest BCUT2D eigenvalue weighted by Crippen LogP contribution is 2.23. The van der Waals surface area contributed by atoms with Gasteiger partial charge in [-0.15, -0.1) is 0 Å². The zero-order valence-corrected chi connectivity index (χ0v) is 11.7. The van der Waals surface area contributed by atoms with Crippen LogP contribution in [0.15, 0.2) is 27.3 Å². The van der Waals surface area contributed by atoms with E-state index in [1.54, 1.807) is 6.26 Å². The van der Waals surface area contributed by atoms with Crippen LogP contribution in [0.1, 0.15) is 31.6 Å². The van der Waals surface area contributed by atoms with Gasteiger partial charge in [0.1, 0.15) is 0 Å². The smallest absolute Gasteiger partial charge is 0.241 e. The van der Waals surface area contributed by atoms with E-state index in [1.165, 1.54) is 0 Å². The number of nitrogens with zero attached hydrogens (tertiary/aromatic N) is 3. The van der Waals surface area contributed by atoms with E-state index in [2.05, 4.69) is 22.1 Å². The summed E-state index contributed by atoms with van der Waals surface area (Å²) in [5, 5.41) is 3.94. The van der Waals surface area contributed by atoms with Crippen molar-refractivity contribution in [3.63, 3.8) is 0 Å². The van der Waals surface area contributed by atoms with E-state index in [1.807, 2.05) is 12.1 Å². The third-order valence-corrected chi connectivity index (χ3v) is 3.96. The lowest BCUT2D eigenvalue weighted by Crippen LogP contribution is -2.38. The minimum Gasteiger partial charge on any atom is -0.461 e. The minimum absolute atomic E-state index is 0.369. The van der Waals surface area contributed by atoms with E-state index < -0.39 is 0 Å². The molecule has 1 fully saturated rings. The van der Waals surface area contributed by atoms with Gasteiger partial charge in [-0.3, -0.25) is 4.90 Å². The second kappa shape index (κ2) is 5.76. The number of aromatic nitrogens is 2. The molecule has 0 spiro atoms. The number of furan rings is 1. The molecule has 0 amide bonds. The summed E-state index contributed by atoms with van der Waals surface area (Å²) in [7, 11) is 2.10. The van der Waals surface area contributed by atoms with Gasteiger partial charge in [0.05, 0.1) is 12.8 Å². The molecule has 0 bridgehead atoms. The summed E-state index contributed by atoms with van der Waals surface area (Å²) >= 11 is 0. The molecule has 0 saturated heterocycles. The molecule has 2 N–H and O–H groups in total. The van der Waals surface area contributed by atoms with Crippen LogP contribution in [-0.4, -0.2) is 34.2 Å². The summed E-state index contributed by atoms with van der Waals surface area (Å²) < 4.78 is 10.5. The van der Waals surface area contributed by atoms with E-state index in [-0.39, 0.29) is 0 Å². The molecule has 6 heteroatoms. The monoisotopic (exact) mass is 276 g/mol. The Hall–Kier alpha value is -1.66. The highest BCUT2D eigenvalue weighted by Gasteiger charge is 2.23. The zero-order valence-electron chi connectivity index (χ0n) is 11.7. The molecule has 0 atom stereocenters. The first-order valence-electron chi connectivity index (χ1n) is 7.04. The summed E-state index contributed by atoms with van der Waals surface area (Å²) in [6.45, 7) is 0.660. The van der Waals surface area contributed by atoms with Crippen LogP contribution in [0.5, 0.6) is 0 Å². The third-order valence-electron chi connectivity index (χ3n) is 3.96. The molecule has 1 saturated carbocycles. The largest absolute Gasteiger partial charge is 0.461 e. The summed E-state index contributed by atoms with van der Waals surface area (Å²) in [6, 6.07) is 4.55. The fraction of sp³-hybridized carbons (Fsp3) is 0.571. The van der Waals surface area contributed by atoms with Gasteiger partial charge in [-0.1, -0.05) is 5.16 Å². The van der Waals surface area contributed by atoms with E-state index in [4.69, 9.17) is 14.7 Å². The van der Waals surface area contributed by atoms with E-state index in [0.29, 0.717) is 36.1 Å². The highest BCUT2D eigenvalue weighted by atomic mass is 16.5. The fourth-order valence-electron chi connectivity index (χ4n) is 2.71. The Labute approximate surface area is 117 Å². The first-order valence-corrected chi connectivity index (χ1v) is 7.04. The molecule has 2 aromatic rings. The lowest BCUT2D eigenvalue weighted by atomic mass is 9.91. The lowest BCUT2D eigenvalue weighted by Gasteiger charge is -2.32. The maximum atomic E-state index is 5.94. The molecule has 6 nitrogen and oxygen atoms in total. The van der Waals surface area contributed by atoms with Crippen LogP contribution in [0, 0.1) is 0 Å². The Morgan fingerprint density at radius 3 is 2.85 bits per heavy atom. The second-order valence-corrected chi connectivity index (χ2v) is 5.47. The first kappa shape index (κ1) is 13.3. The van der Waals surface area contributed by atoms with Gasteiger partial charge in [0.15, 0.2) is 5.76 Å². The number of hydrogen-bond acceptors (Lipinski definition) is 6. The van der Waals surface area contributed by atoms with Crippen molar-refractivity contribution >= 4 is 0 Å². The van der Waals surface area contributed by atoms with Gasteiger partial charge in [0, 0.05) is 12.1 Å². The minimum atomic E-state index is 0.369. The van der Waals surface area contributed by atoms with Gasteiger partial charge >= 0.3 is 0 Å². The van der Waals surface area contributed by atoms with Crippen LogP contribution < -0.4 is 5.73 Å². The van der Waals surface area contributed by atoms with Crippen molar-refractivity contribution in [3.05, 3.63) is 24.3 Å². The molecule has 0 aromatic carbocycles. The molecule has 2 aromatic heterocycles. The Bertz CT molecular complexity index is 529. The van der Waals surface area contributed by atoms with Crippen LogP contribution in [0.4, 0.5) is 0 Å². The molecular formula is C14H20N4O2. The van der Waals surface area contributed by atoms with Gasteiger partial charge in [-0.25, -0.2) is 0 Å². The average molecular weight is 276 g/mol. The van der Waals surface area contributed by atoms with Crippen molar-refractivity contribution < 1.29 is 8.94 Å². The normalized spacial score (nSPS) is 23.4. The molecule has 108 valence electrons. The predicted molar refractivity (Wildman–Crippen MR) is 73.7 cm³/mol. The van der Waals surface area contributed by atoms with Crippen molar-refractivity contribution in [3.8, 4) is 11.6 Å². The van der Waals surface area contributed by atoms with Crippen molar-refractivity contribution in [2.24, 2.45) is 5.73 Å². The Kier molecular flexibility index (Phi) is 3.84. The van der Waals surface area contributed by atoms with Crippen LogP contribution in [-0.2, 0) is 6.54 Å². The van der Waals surface area contributed by atoms with Gasteiger partial charge in [-0.05, 0) is 44.9 Å². The summed E-state index contributed by atoms with van der Waals surface area (Å²) in [5.41, 5.74) is 5.94. The van der Waals surface area contributed by atoms with Crippen molar-refractivity contribution in [2.75, 3.05) is 7.05 Å². The summed E-state index contributed by atoms with van der Waals surface area (Å²) in [5.74, 6) is 1.75. The van der Waals surface area contributed by atoms with E-state index >= 15 is 0 Å². The number of hydrogen-bond donors (Lipinski definition) is 1. The lowest BCUT2D eigenvalue weighted by molar-refractivity contribution is 0.158. The average Bonchev–Trinajstić information content (AvgIpc) is 3.09. The number of nitrogens with two attached hydrogens (primary N) is 1. The molecule has 1 aliphatic rings. The van der Waals surface area contributed by atoms with Gasteiger partial charge in [-0.2, -0.15) is 4.98 Å². The van der Waals surface area contributed by atoms with Crippen molar-refractivity contribution in [1.29, 1.82) is 0 Å². The third kappa shape index (κ3) is 2.91. The van der Waals surface area contributed by atoms with E-state index in [9.17, 15) is 0 Å². The Balaban J connectivity index is 1.60. The molecular weight excluding hydrogens is 256 g/mol. The maximum Gasteiger partial charge on any atom is 0.241 e. The molecule has 1 aliphatic carbocycles. The van der Waals surface area contributed by atoms with Gasteiger partial charge in [0.2, 0.25) is 11.7 Å². The van der Waals surface area contributed by atoms with Crippen molar-refractivity contribution in [2.45, 2.75) is 44.3 Å². The summed E-state index contributed by atoms with van der Waals surface area (Å²) in [4.78, 5) is 6.63. The summed E-state index contributed by atoms with van der Waals surface area (Å²) in [6.07, 6.45) is 6.06. The van der Waals surface area contributed by atoms with Crippen LogP contribution in [0.2, 0.25) is 0 Å². The predicted octanol–water partition coefficient (Wildman–Crippen LogP) is 2.03. The molecule has 2 heterocycles. The molecule has 0 unspecified atom stereocenters. The standard InChI is InChI=1S/C14H20N4O2/c1-18(11-6-4-10(15)5-7-11)9-13-16-14(17-20-13)12-3-2-8-19-12/h2-3,8,10-11H,4-7,9,15H2,1H3. The zero-order chi connectivity index (χ0) is 13.9. The molecule has 0 radical (unpaired) electrons. The SMILES string of the molecule is CN(Cc1nc(-c2ccco2)no1)C1CCC(N)CC1. The van der Waals surface area contributed by atoms with Crippen LogP contribution in [0.3, 0.4) is 0 Å². The number of rotatable bonds is 4. The topological polar surface area (TPSA) is 81.3 Å². The quantitative estimate of drug-likeness (QED) is 0.920. The van der Waals surface area contributed by atoms with Crippen LogP contribution in [0.25, 0.3) is 11.6 Å². The van der Waals surface area contributed by atoms with Crippen LogP contribution >= 0.6 is 0 Å². The second-order valence-electron chi connectivity index (χ2n) is 5.47. The molecule has 0 aliphatic heterocycles. The van der Waals surface area contributed by atoms with E-state index in [0.717, 1.165) is 25.7 Å². The first-order chi connectivity index (χ1) is 9.72. The van der Waals surface area contributed by atoms with Crippen molar-refractivity contribution in [1.82, 2.24) is 15.0 Å². The fourth-order valence-corrected chi connectivity index (χ4v) is 2.71. The Morgan fingerprint density at radius 2 is 2.15 bits per heavy atom. The maximum absolute atomic E-state index is 5.94. The Morgan fingerprint density at radius 1 is 1.35 bits per heavy atom. The molecule has 20 heavy (non-hydrogen) atoms. The highest BCUT2D eigenvalue weighted by molar-refractivity contribution is 5.44. The van der Waals surface area contributed by atoms with Gasteiger partial charge < -0.3 is 14.7 Å². The molecule has 3 rings (SSSR count).